The molecule has 2 rings (SSSR count). The number of pyridine rings is 1. The van der Waals surface area contributed by atoms with Crippen LogP contribution in [0.1, 0.15) is 45.2 Å². The smallest absolute Gasteiger partial charge is 0.133 e. The zero-order valence-corrected chi connectivity index (χ0v) is 11.1. The molecule has 3 nitrogen and oxygen atoms in total. The van der Waals surface area contributed by atoms with Gasteiger partial charge in [-0.3, -0.25) is 0 Å². The molecule has 0 unspecified atom stereocenters. The van der Waals surface area contributed by atoms with Crippen LogP contribution < -0.4 is 10.6 Å². The standard InChI is InChI=1S/C14H23N3/c1-10(2)9-17(12-6-7-12)14-13(11(3)15)5-4-8-16-14/h4-5,8,10-12H,6-7,9,15H2,1-3H3/t11-/m1/s1. The number of rotatable bonds is 5. The van der Waals surface area contributed by atoms with Crippen molar-refractivity contribution in [3.05, 3.63) is 23.9 Å². The topological polar surface area (TPSA) is 42.2 Å². The van der Waals surface area contributed by atoms with Gasteiger partial charge in [-0.1, -0.05) is 19.9 Å². The maximum atomic E-state index is 6.04. The first-order chi connectivity index (χ1) is 8.09. The van der Waals surface area contributed by atoms with E-state index in [1.54, 1.807) is 0 Å². The molecule has 94 valence electrons. The highest BCUT2D eigenvalue weighted by Gasteiger charge is 2.31. The Bertz CT molecular complexity index is 369. The zero-order chi connectivity index (χ0) is 12.4. The monoisotopic (exact) mass is 233 g/mol. The first-order valence-corrected chi connectivity index (χ1v) is 6.56. The fraction of sp³-hybridized carbons (Fsp3) is 0.643. The molecule has 1 heterocycles. The van der Waals surface area contributed by atoms with Crippen molar-refractivity contribution in [2.75, 3.05) is 11.4 Å². The Kier molecular flexibility index (Phi) is 3.67. The van der Waals surface area contributed by atoms with Gasteiger partial charge in [-0.25, -0.2) is 4.98 Å². The molecule has 0 radical (unpaired) electrons. The summed E-state index contributed by atoms with van der Waals surface area (Å²) < 4.78 is 0. The number of anilines is 1. The second kappa shape index (κ2) is 5.05. The first kappa shape index (κ1) is 12.4. The molecule has 0 aliphatic heterocycles. The molecule has 0 bridgehead atoms. The predicted octanol–water partition coefficient (Wildman–Crippen LogP) is 2.73. The highest BCUT2D eigenvalue weighted by Crippen LogP contribution is 2.34. The molecule has 0 saturated heterocycles. The van der Waals surface area contributed by atoms with Crippen molar-refractivity contribution in [3.63, 3.8) is 0 Å². The summed E-state index contributed by atoms with van der Waals surface area (Å²) in [6.07, 6.45) is 4.46. The Morgan fingerprint density at radius 1 is 1.41 bits per heavy atom. The second-order valence-corrected chi connectivity index (χ2v) is 5.48. The van der Waals surface area contributed by atoms with Crippen molar-refractivity contribution in [1.82, 2.24) is 4.98 Å². The summed E-state index contributed by atoms with van der Waals surface area (Å²) in [5, 5.41) is 0. The molecule has 1 atom stereocenters. The van der Waals surface area contributed by atoms with Gasteiger partial charge < -0.3 is 10.6 Å². The molecule has 1 aliphatic carbocycles. The fourth-order valence-electron chi connectivity index (χ4n) is 2.19. The van der Waals surface area contributed by atoms with Crippen LogP contribution in [0.3, 0.4) is 0 Å². The van der Waals surface area contributed by atoms with Crippen molar-refractivity contribution >= 4 is 5.82 Å². The minimum atomic E-state index is 0.0483. The maximum absolute atomic E-state index is 6.04. The lowest BCUT2D eigenvalue weighted by Crippen LogP contribution is -2.32. The van der Waals surface area contributed by atoms with Gasteiger partial charge >= 0.3 is 0 Å². The first-order valence-electron chi connectivity index (χ1n) is 6.56. The van der Waals surface area contributed by atoms with E-state index in [9.17, 15) is 0 Å². The summed E-state index contributed by atoms with van der Waals surface area (Å²) >= 11 is 0. The third-order valence-corrected chi connectivity index (χ3v) is 3.13. The van der Waals surface area contributed by atoms with Crippen molar-refractivity contribution in [1.29, 1.82) is 0 Å². The Morgan fingerprint density at radius 3 is 2.65 bits per heavy atom. The number of nitrogens with zero attached hydrogens (tertiary/aromatic N) is 2. The average molecular weight is 233 g/mol. The molecule has 0 amide bonds. The zero-order valence-electron chi connectivity index (χ0n) is 11.1. The molecular formula is C14H23N3. The quantitative estimate of drug-likeness (QED) is 0.850. The van der Waals surface area contributed by atoms with E-state index >= 15 is 0 Å². The van der Waals surface area contributed by atoms with E-state index in [2.05, 4.69) is 29.8 Å². The van der Waals surface area contributed by atoms with Crippen molar-refractivity contribution in [2.45, 2.75) is 45.7 Å². The molecular weight excluding hydrogens is 210 g/mol. The van der Waals surface area contributed by atoms with Gasteiger partial charge in [0.2, 0.25) is 0 Å². The van der Waals surface area contributed by atoms with Crippen LogP contribution in [0.25, 0.3) is 0 Å². The minimum absolute atomic E-state index is 0.0483. The maximum Gasteiger partial charge on any atom is 0.133 e. The van der Waals surface area contributed by atoms with Crippen molar-refractivity contribution in [2.24, 2.45) is 11.7 Å². The molecule has 3 heteroatoms. The van der Waals surface area contributed by atoms with E-state index < -0.39 is 0 Å². The normalized spacial score (nSPS) is 17.2. The van der Waals surface area contributed by atoms with Gasteiger partial charge in [-0.05, 0) is 31.7 Å². The van der Waals surface area contributed by atoms with Gasteiger partial charge in [-0.15, -0.1) is 0 Å². The molecule has 1 saturated carbocycles. The summed E-state index contributed by atoms with van der Waals surface area (Å²) in [6, 6.07) is 4.81. The van der Waals surface area contributed by atoms with Crippen molar-refractivity contribution in [3.8, 4) is 0 Å². The summed E-state index contributed by atoms with van der Waals surface area (Å²) in [4.78, 5) is 7.01. The lowest BCUT2D eigenvalue weighted by Gasteiger charge is -2.28. The van der Waals surface area contributed by atoms with E-state index in [1.165, 1.54) is 18.4 Å². The number of nitrogens with two attached hydrogens (primary N) is 1. The SMILES string of the molecule is CC(C)CN(c1ncccc1[C@@H](C)N)C1CC1. The molecule has 0 aromatic carbocycles. The van der Waals surface area contributed by atoms with Gasteiger partial charge in [0.05, 0.1) is 0 Å². The van der Waals surface area contributed by atoms with Gasteiger partial charge in [0, 0.05) is 30.4 Å². The van der Waals surface area contributed by atoms with Crippen LogP contribution in [0, 0.1) is 5.92 Å². The van der Waals surface area contributed by atoms with Crippen LogP contribution in [0.5, 0.6) is 0 Å². The number of hydrogen-bond donors (Lipinski definition) is 1. The van der Waals surface area contributed by atoms with Gasteiger partial charge in [-0.2, -0.15) is 0 Å². The van der Waals surface area contributed by atoms with Crippen LogP contribution >= 0.6 is 0 Å². The molecule has 0 spiro atoms. The van der Waals surface area contributed by atoms with E-state index in [1.807, 2.05) is 19.2 Å². The number of aromatic nitrogens is 1. The molecule has 17 heavy (non-hydrogen) atoms. The third kappa shape index (κ3) is 2.97. The summed E-state index contributed by atoms with van der Waals surface area (Å²) in [7, 11) is 0. The van der Waals surface area contributed by atoms with Crippen LogP contribution in [0.4, 0.5) is 5.82 Å². The average Bonchev–Trinajstić information content (AvgIpc) is 3.09. The van der Waals surface area contributed by atoms with Gasteiger partial charge in [0.25, 0.3) is 0 Å². The Morgan fingerprint density at radius 2 is 2.12 bits per heavy atom. The number of hydrogen-bond acceptors (Lipinski definition) is 3. The van der Waals surface area contributed by atoms with Crippen LogP contribution in [0.2, 0.25) is 0 Å². The third-order valence-electron chi connectivity index (χ3n) is 3.13. The van der Waals surface area contributed by atoms with Crippen LogP contribution in [0.15, 0.2) is 18.3 Å². The lowest BCUT2D eigenvalue weighted by molar-refractivity contribution is 0.598. The van der Waals surface area contributed by atoms with Crippen LogP contribution in [-0.2, 0) is 0 Å². The van der Waals surface area contributed by atoms with E-state index in [-0.39, 0.29) is 6.04 Å². The summed E-state index contributed by atoms with van der Waals surface area (Å²) in [5.74, 6) is 1.75. The van der Waals surface area contributed by atoms with E-state index in [0.29, 0.717) is 12.0 Å². The summed E-state index contributed by atoms with van der Waals surface area (Å²) in [6.45, 7) is 7.61. The Balaban J connectivity index is 2.28. The van der Waals surface area contributed by atoms with Crippen LogP contribution in [-0.4, -0.2) is 17.6 Å². The van der Waals surface area contributed by atoms with Gasteiger partial charge in [0.1, 0.15) is 5.82 Å². The fourth-order valence-corrected chi connectivity index (χ4v) is 2.19. The molecule has 1 aromatic rings. The summed E-state index contributed by atoms with van der Waals surface area (Å²) in [5.41, 5.74) is 7.20. The lowest BCUT2D eigenvalue weighted by atomic mass is 10.1. The highest BCUT2D eigenvalue weighted by molar-refractivity contribution is 5.50. The van der Waals surface area contributed by atoms with Gasteiger partial charge in [0.15, 0.2) is 0 Å². The molecule has 1 fully saturated rings. The van der Waals surface area contributed by atoms with E-state index in [0.717, 1.165) is 12.4 Å². The molecule has 1 aromatic heterocycles. The van der Waals surface area contributed by atoms with E-state index in [4.69, 9.17) is 5.73 Å². The largest absolute Gasteiger partial charge is 0.353 e. The second-order valence-electron chi connectivity index (χ2n) is 5.48. The predicted molar refractivity (Wildman–Crippen MR) is 72.0 cm³/mol. The Labute approximate surface area is 104 Å². The minimum Gasteiger partial charge on any atom is -0.353 e. The Hall–Kier alpha value is -1.09. The molecule has 1 aliphatic rings. The van der Waals surface area contributed by atoms with Crippen molar-refractivity contribution < 1.29 is 0 Å². The molecule has 2 N–H and O–H groups in total. The highest BCUT2D eigenvalue weighted by atomic mass is 15.2.